The molecule has 96 valence electrons. The van der Waals surface area contributed by atoms with Gasteiger partial charge in [0.1, 0.15) is 0 Å². The second-order valence-electron chi connectivity index (χ2n) is 3.74. The molecule has 0 aliphatic heterocycles. The van der Waals surface area contributed by atoms with E-state index in [1.54, 1.807) is 6.20 Å². The van der Waals surface area contributed by atoms with Crippen molar-refractivity contribution in [2.24, 2.45) is 0 Å². The fourth-order valence-electron chi connectivity index (χ4n) is 1.22. The molecule has 6 heteroatoms. The third-order valence-corrected chi connectivity index (χ3v) is 4.64. The van der Waals surface area contributed by atoms with E-state index in [0.717, 1.165) is 12.1 Å². The van der Waals surface area contributed by atoms with Gasteiger partial charge in [-0.15, -0.1) is 0 Å². The minimum Gasteiger partial charge on any atom is -0.261 e. The first-order valence-electron chi connectivity index (χ1n) is 5.55. The summed E-state index contributed by atoms with van der Waals surface area (Å²) >= 11 is 3.39. The predicted molar refractivity (Wildman–Crippen MR) is 72.7 cm³/mol. The molecule has 1 aromatic heterocycles. The Bertz CT molecular complexity index is 422. The van der Waals surface area contributed by atoms with E-state index in [0.29, 0.717) is 13.0 Å². The summed E-state index contributed by atoms with van der Waals surface area (Å²) < 4.78 is 25.9. The molecule has 17 heavy (non-hydrogen) atoms. The third-order valence-electron chi connectivity index (χ3n) is 2.32. The van der Waals surface area contributed by atoms with Crippen LogP contribution in [0.3, 0.4) is 0 Å². The Balaban J connectivity index is 2.40. The van der Waals surface area contributed by atoms with Gasteiger partial charge in [0, 0.05) is 29.7 Å². The van der Waals surface area contributed by atoms with E-state index in [9.17, 15) is 8.42 Å². The van der Waals surface area contributed by atoms with Crippen molar-refractivity contribution in [1.29, 1.82) is 0 Å². The van der Waals surface area contributed by atoms with Crippen LogP contribution in [0, 0.1) is 0 Å². The van der Waals surface area contributed by atoms with Crippen LogP contribution >= 0.6 is 15.9 Å². The Morgan fingerprint density at radius 1 is 1.47 bits per heavy atom. The lowest BCUT2D eigenvalue weighted by atomic mass is 10.3. The molecule has 4 nitrogen and oxygen atoms in total. The average Bonchev–Trinajstić information content (AvgIpc) is 2.35. The maximum absolute atomic E-state index is 11.7. The van der Waals surface area contributed by atoms with Crippen LogP contribution in [-0.4, -0.2) is 30.5 Å². The normalized spacial score (nSPS) is 13.5. The zero-order chi connectivity index (χ0) is 12.7. The maximum Gasteiger partial charge on any atom is 0.212 e. The first kappa shape index (κ1) is 14.6. The van der Waals surface area contributed by atoms with Gasteiger partial charge in [-0.1, -0.05) is 28.9 Å². The molecule has 1 N–H and O–H groups in total. The van der Waals surface area contributed by atoms with Gasteiger partial charge in [-0.25, -0.2) is 13.1 Å². The zero-order valence-corrected chi connectivity index (χ0v) is 12.2. The molecule has 1 aromatic rings. The second kappa shape index (κ2) is 7.08. The van der Waals surface area contributed by atoms with Crippen LogP contribution < -0.4 is 4.72 Å². The third kappa shape index (κ3) is 6.14. The van der Waals surface area contributed by atoms with Crippen LogP contribution in [0.15, 0.2) is 24.4 Å². The van der Waals surface area contributed by atoms with Gasteiger partial charge in [-0.05, 0) is 18.6 Å². The molecule has 0 spiro atoms. The smallest absolute Gasteiger partial charge is 0.212 e. The Hall–Kier alpha value is -0.460. The lowest BCUT2D eigenvalue weighted by Crippen LogP contribution is -2.32. The van der Waals surface area contributed by atoms with Crippen LogP contribution in [0.5, 0.6) is 0 Å². The van der Waals surface area contributed by atoms with Gasteiger partial charge in [0.05, 0.1) is 5.75 Å². The largest absolute Gasteiger partial charge is 0.261 e. The van der Waals surface area contributed by atoms with Gasteiger partial charge in [-0.2, -0.15) is 0 Å². The van der Waals surface area contributed by atoms with E-state index >= 15 is 0 Å². The fraction of sp³-hybridized carbons (Fsp3) is 0.545. The van der Waals surface area contributed by atoms with Crippen LogP contribution in [0.2, 0.25) is 0 Å². The SMILES string of the molecule is CCC(Br)CNS(=O)(=O)CCc1ccccn1. The Labute approximate surface area is 111 Å². The van der Waals surface area contributed by atoms with E-state index in [1.807, 2.05) is 25.1 Å². The maximum atomic E-state index is 11.7. The van der Waals surface area contributed by atoms with Crippen molar-refractivity contribution in [2.75, 3.05) is 12.3 Å². The van der Waals surface area contributed by atoms with Crippen molar-refractivity contribution in [3.63, 3.8) is 0 Å². The summed E-state index contributed by atoms with van der Waals surface area (Å²) in [6.07, 6.45) is 3.00. The molecule has 0 radical (unpaired) electrons. The number of alkyl halides is 1. The van der Waals surface area contributed by atoms with Crippen molar-refractivity contribution < 1.29 is 8.42 Å². The number of rotatable bonds is 7. The first-order valence-corrected chi connectivity index (χ1v) is 8.11. The van der Waals surface area contributed by atoms with Crippen LogP contribution in [0.25, 0.3) is 0 Å². The molecule has 0 aromatic carbocycles. The lowest BCUT2D eigenvalue weighted by molar-refractivity contribution is 0.579. The Morgan fingerprint density at radius 3 is 2.82 bits per heavy atom. The monoisotopic (exact) mass is 320 g/mol. The topological polar surface area (TPSA) is 59.1 Å². The van der Waals surface area contributed by atoms with Crippen molar-refractivity contribution >= 4 is 26.0 Å². The number of pyridine rings is 1. The number of sulfonamides is 1. The van der Waals surface area contributed by atoms with Gasteiger partial charge in [0.2, 0.25) is 10.0 Å². The van der Waals surface area contributed by atoms with Gasteiger partial charge < -0.3 is 0 Å². The second-order valence-corrected chi connectivity index (χ2v) is 6.97. The number of halogens is 1. The summed E-state index contributed by atoms with van der Waals surface area (Å²) in [5, 5.41) is 0. The quantitative estimate of drug-likeness (QED) is 0.778. The predicted octanol–water partition coefficient (Wildman–Crippen LogP) is 1.72. The lowest BCUT2D eigenvalue weighted by Gasteiger charge is -2.09. The minimum atomic E-state index is -3.20. The molecule has 0 fully saturated rings. The zero-order valence-electron chi connectivity index (χ0n) is 9.77. The fourth-order valence-corrected chi connectivity index (χ4v) is 2.67. The van der Waals surface area contributed by atoms with Crippen molar-refractivity contribution in [3.05, 3.63) is 30.1 Å². The number of aromatic nitrogens is 1. The van der Waals surface area contributed by atoms with Gasteiger partial charge in [0.15, 0.2) is 0 Å². The van der Waals surface area contributed by atoms with Crippen molar-refractivity contribution in [1.82, 2.24) is 9.71 Å². The number of nitrogens with one attached hydrogen (secondary N) is 1. The van der Waals surface area contributed by atoms with Crippen LogP contribution in [0.1, 0.15) is 19.0 Å². The molecule has 1 unspecified atom stereocenters. The highest BCUT2D eigenvalue weighted by molar-refractivity contribution is 9.09. The number of hydrogen-bond acceptors (Lipinski definition) is 3. The molecular weight excluding hydrogens is 304 g/mol. The molecule has 1 rings (SSSR count). The van der Waals surface area contributed by atoms with Crippen LogP contribution in [0.4, 0.5) is 0 Å². The molecule has 1 atom stereocenters. The number of nitrogens with zero attached hydrogens (tertiary/aromatic N) is 1. The Kier molecular flexibility index (Phi) is 6.08. The molecule has 0 saturated heterocycles. The average molecular weight is 321 g/mol. The molecular formula is C11H17BrN2O2S. The van der Waals surface area contributed by atoms with E-state index in [4.69, 9.17) is 0 Å². The van der Waals surface area contributed by atoms with E-state index in [1.165, 1.54) is 0 Å². The van der Waals surface area contributed by atoms with Gasteiger partial charge in [-0.3, -0.25) is 4.98 Å². The van der Waals surface area contributed by atoms with E-state index < -0.39 is 10.0 Å². The van der Waals surface area contributed by atoms with Gasteiger partial charge in [0.25, 0.3) is 0 Å². The van der Waals surface area contributed by atoms with Crippen LogP contribution in [-0.2, 0) is 16.4 Å². The Morgan fingerprint density at radius 2 is 2.24 bits per heavy atom. The number of hydrogen-bond donors (Lipinski definition) is 1. The molecule has 0 bridgehead atoms. The molecule has 0 aliphatic rings. The van der Waals surface area contributed by atoms with Gasteiger partial charge >= 0.3 is 0 Å². The molecule has 0 aliphatic carbocycles. The summed E-state index contributed by atoms with van der Waals surface area (Å²) in [6.45, 7) is 2.43. The number of aryl methyl sites for hydroxylation is 1. The summed E-state index contributed by atoms with van der Waals surface area (Å²) in [5.74, 6) is 0.0768. The summed E-state index contributed by atoms with van der Waals surface area (Å²) in [4.78, 5) is 4.28. The summed E-state index contributed by atoms with van der Waals surface area (Å²) in [5.41, 5.74) is 0.795. The van der Waals surface area contributed by atoms with Crippen molar-refractivity contribution in [3.8, 4) is 0 Å². The molecule has 1 heterocycles. The standard InChI is InChI=1S/C11H17BrN2O2S/c1-2-10(12)9-14-17(15,16)8-6-11-5-3-4-7-13-11/h3-5,7,10,14H,2,6,8-9H2,1H3. The molecule has 0 saturated carbocycles. The summed E-state index contributed by atoms with van der Waals surface area (Å²) in [6, 6.07) is 5.50. The van der Waals surface area contributed by atoms with Crippen molar-refractivity contribution in [2.45, 2.75) is 24.6 Å². The van der Waals surface area contributed by atoms with E-state index in [-0.39, 0.29) is 10.6 Å². The minimum absolute atomic E-state index is 0.0768. The highest BCUT2D eigenvalue weighted by atomic mass is 79.9. The summed E-state index contributed by atoms with van der Waals surface area (Å²) in [7, 11) is -3.20. The highest BCUT2D eigenvalue weighted by Gasteiger charge is 2.12. The first-order chi connectivity index (χ1) is 8.03. The van der Waals surface area contributed by atoms with E-state index in [2.05, 4.69) is 25.6 Å². The molecule has 0 amide bonds. The highest BCUT2D eigenvalue weighted by Crippen LogP contribution is 2.03.